The van der Waals surface area contributed by atoms with Gasteiger partial charge in [-0.15, -0.1) is 5.41 Å². The molecule has 0 atom stereocenters. The summed E-state index contributed by atoms with van der Waals surface area (Å²) in [6, 6.07) is 6.43. The van der Waals surface area contributed by atoms with Crippen LogP contribution in [0, 0.1) is 11.5 Å². The number of rotatable bonds is 0. The maximum absolute atomic E-state index is 9.70. The Hall–Kier alpha value is -0.757. The monoisotopic (exact) mass is 243 g/mol. The molecule has 1 aromatic heterocycles. The summed E-state index contributed by atoms with van der Waals surface area (Å²) in [7, 11) is 0. The van der Waals surface area contributed by atoms with Crippen LogP contribution in [-0.4, -0.2) is 11.3 Å². The van der Waals surface area contributed by atoms with Crippen molar-refractivity contribution in [3.8, 4) is 0 Å². The zero-order valence-electron chi connectivity index (χ0n) is 8.78. The molecule has 0 saturated heterocycles. The van der Waals surface area contributed by atoms with Crippen molar-refractivity contribution in [1.82, 2.24) is 4.98 Å². The number of nitrogens with zero attached hydrogens (tertiary/aromatic N) is 1. The predicted octanol–water partition coefficient (Wildman–Crippen LogP) is 1.90. The first-order valence-corrected chi connectivity index (χ1v) is 5.21. The van der Waals surface area contributed by atoms with Crippen LogP contribution in [0.4, 0.5) is 0 Å². The summed E-state index contributed by atoms with van der Waals surface area (Å²) in [5.41, 5.74) is -0.264. The molecule has 0 aliphatic rings. The third-order valence-corrected chi connectivity index (χ3v) is 0.820. The van der Waals surface area contributed by atoms with E-state index in [0.717, 1.165) is 0 Å². The number of hydrogen-bond acceptors (Lipinski definition) is 3. The Balaban J connectivity index is 0. The zero-order chi connectivity index (χ0) is 11.4. The summed E-state index contributed by atoms with van der Waals surface area (Å²) >= 11 is 0.125. The molecular weight excluding hydrogens is 232 g/mol. The van der Waals surface area contributed by atoms with Gasteiger partial charge in [-0.05, 0) is 0 Å². The molecule has 1 aromatic rings. The van der Waals surface area contributed by atoms with Crippen molar-refractivity contribution in [2.45, 2.75) is 20.8 Å². The van der Waals surface area contributed by atoms with E-state index in [1.165, 1.54) is 0 Å². The maximum atomic E-state index is 9.70. The van der Waals surface area contributed by atoms with Crippen LogP contribution >= 0.6 is 0 Å². The molecule has 0 N–H and O–H groups in total. The van der Waals surface area contributed by atoms with Crippen LogP contribution in [0.3, 0.4) is 0 Å². The first kappa shape index (κ1) is 15.7. The van der Waals surface area contributed by atoms with Crippen molar-refractivity contribution in [1.29, 1.82) is 0 Å². The normalized spacial score (nSPS) is 8.64. The van der Waals surface area contributed by atoms with Crippen molar-refractivity contribution < 1.29 is 26.6 Å². The van der Waals surface area contributed by atoms with Crippen LogP contribution in [0.15, 0.2) is 24.5 Å². The van der Waals surface area contributed by atoms with Crippen molar-refractivity contribution in [2.24, 2.45) is 5.41 Å². The third kappa shape index (κ3) is 17.4. The Morgan fingerprint density at radius 3 is 1.93 bits per heavy atom. The van der Waals surface area contributed by atoms with Gasteiger partial charge in [-0.3, -0.25) is 6.29 Å². The van der Waals surface area contributed by atoms with Gasteiger partial charge in [-0.1, -0.05) is 33.2 Å². The minimum atomic E-state index is -0.264. The Labute approximate surface area is 94.9 Å². The molecule has 74 valence electrons. The van der Waals surface area contributed by atoms with E-state index in [-0.39, 0.29) is 23.7 Å². The minimum absolute atomic E-state index is 0.125. The molecule has 1 rings (SSSR count). The Morgan fingerprint density at radius 1 is 1.36 bits per heavy atom. The fraction of sp³-hybridized carbons (Fsp3) is 0.400. The van der Waals surface area contributed by atoms with Crippen LogP contribution in [0.25, 0.3) is 0 Å². The van der Waals surface area contributed by atoms with Crippen LogP contribution in [0.2, 0.25) is 0 Å². The molecule has 0 aliphatic carbocycles. The molecule has 0 aromatic carbocycles. The fourth-order valence-corrected chi connectivity index (χ4v) is 0.277. The van der Waals surface area contributed by atoms with E-state index in [0.29, 0.717) is 0 Å². The summed E-state index contributed by atoms with van der Waals surface area (Å²) in [6.07, 6.45) is 5.20. The van der Waals surface area contributed by atoms with Gasteiger partial charge < -0.3 is 9.78 Å². The van der Waals surface area contributed by atoms with Gasteiger partial charge in [0.05, 0.1) is 0 Å². The molecule has 0 radical (unpaired) electrons. The molecule has 3 nitrogen and oxygen atoms in total. The minimum Gasteiger partial charge on any atom is -0.304 e. The first-order valence-electron chi connectivity index (χ1n) is 4.00. The quantitative estimate of drug-likeness (QED) is 0.517. The maximum Gasteiger partial charge on any atom is -0.0558 e. The summed E-state index contributed by atoms with van der Waals surface area (Å²) < 4.78 is 8.38. The standard InChI is InChI=1S/C5H4N.C5H9O.O.Zn/c1-2-4-6-5-3-1;1-5(2,3)4-6;;/h1-2,4-5H;1-3H3;;/q2*-1;;. The molecule has 0 spiro atoms. The molecule has 0 aliphatic heterocycles. The predicted molar refractivity (Wildman–Crippen MR) is 48.9 cm³/mol. The van der Waals surface area contributed by atoms with Crippen molar-refractivity contribution in [2.75, 3.05) is 0 Å². The van der Waals surface area contributed by atoms with Crippen molar-refractivity contribution in [3.05, 3.63) is 30.6 Å². The van der Waals surface area contributed by atoms with Crippen molar-refractivity contribution >= 4 is 6.29 Å². The molecule has 4 heteroatoms. The molecule has 0 unspecified atom stereocenters. The van der Waals surface area contributed by atoms with E-state index in [1.54, 1.807) is 12.4 Å². The second-order valence-electron chi connectivity index (χ2n) is 3.31. The van der Waals surface area contributed by atoms with E-state index >= 15 is 0 Å². The van der Waals surface area contributed by atoms with E-state index < -0.39 is 0 Å². The number of hydrogen-bond donors (Lipinski definition) is 0. The SMILES string of the molecule is CC(C)(C)[C-]=O.[O]=[Zn].[c-]1cccnc1. The van der Waals surface area contributed by atoms with E-state index in [4.69, 9.17) is 3.57 Å². The summed E-state index contributed by atoms with van der Waals surface area (Å²) in [5.74, 6) is 0. The topological polar surface area (TPSA) is 47.0 Å². The van der Waals surface area contributed by atoms with Gasteiger partial charge >= 0.3 is 21.8 Å². The van der Waals surface area contributed by atoms with Gasteiger partial charge in [0.1, 0.15) is 0 Å². The van der Waals surface area contributed by atoms with Gasteiger partial charge in [-0.2, -0.15) is 6.07 Å². The number of carbonyl (C=O) groups excluding carboxylic acids is 1. The largest absolute Gasteiger partial charge is 0.304 e. The molecule has 0 fully saturated rings. The molecule has 0 amide bonds. The second-order valence-corrected chi connectivity index (χ2v) is 3.31. The summed E-state index contributed by atoms with van der Waals surface area (Å²) in [6.45, 7) is 5.46. The summed E-state index contributed by atoms with van der Waals surface area (Å²) in [4.78, 5) is 13.4. The average Bonchev–Trinajstić information content (AvgIpc) is 2.23. The molecule has 0 saturated carbocycles. The fourth-order valence-electron chi connectivity index (χ4n) is 0.277. The Bertz CT molecular complexity index is 195. The van der Waals surface area contributed by atoms with E-state index in [2.05, 4.69) is 11.1 Å². The van der Waals surface area contributed by atoms with Gasteiger partial charge in [-0.25, -0.2) is 12.1 Å². The van der Waals surface area contributed by atoms with Crippen LogP contribution < -0.4 is 0 Å². The third-order valence-electron chi connectivity index (χ3n) is 0.820. The smallest absolute Gasteiger partial charge is 0.0558 e. The van der Waals surface area contributed by atoms with Crippen LogP contribution in [0.1, 0.15) is 20.8 Å². The van der Waals surface area contributed by atoms with Gasteiger partial charge in [0, 0.05) is 0 Å². The van der Waals surface area contributed by atoms with E-state index in [1.807, 2.05) is 39.2 Å². The molecule has 1 heterocycles. The van der Waals surface area contributed by atoms with Crippen LogP contribution in [0.5, 0.6) is 0 Å². The van der Waals surface area contributed by atoms with E-state index in [9.17, 15) is 4.79 Å². The first-order chi connectivity index (χ1) is 6.56. The number of pyridine rings is 1. The van der Waals surface area contributed by atoms with Gasteiger partial charge in [0.2, 0.25) is 0 Å². The molecule has 14 heavy (non-hydrogen) atoms. The second kappa shape index (κ2) is 10.3. The number of aromatic nitrogens is 1. The average molecular weight is 245 g/mol. The molecule has 0 bridgehead atoms. The Morgan fingerprint density at radius 2 is 1.86 bits per heavy atom. The van der Waals surface area contributed by atoms with Crippen LogP contribution in [-0.2, 0) is 26.6 Å². The van der Waals surface area contributed by atoms with Gasteiger partial charge in [0.25, 0.3) is 0 Å². The zero-order valence-corrected chi connectivity index (χ0v) is 11.7. The van der Waals surface area contributed by atoms with Gasteiger partial charge in [0.15, 0.2) is 0 Å². The Kier molecular flexibility index (Phi) is 11.6. The molecular formula is C10H13NO2Zn-2. The van der Waals surface area contributed by atoms with Crippen molar-refractivity contribution in [3.63, 3.8) is 0 Å². The summed E-state index contributed by atoms with van der Waals surface area (Å²) in [5, 5.41) is 0.